The third kappa shape index (κ3) is 3.20. The molecule has 4 rings (SSSR count). The van der Waals surface area contributed by atoms with Crippen molar-refractivity contribution in [3.63, 3.8) is 0 Å². The molecule has 140 valence electrons. The molecule has 9 heteroatoms. The number of anilines is 1. The Bertz CT molecular complexity index is 1170. The van der Waals surface area contributed by atoms with Gasteiger partial charge in [0.25, 0.3) is 0 Å². The number of pyridine rings is 1. The molecular weight excluding hydrogens is 365 g/mol. The number of nitro groups is 1. The van der Waals surface area contributed by atoms with Gasteiger partial charge in [-0.25, -0.2) is 4.39 Å². The van der Waals surface area contributed by atoms with Gasteiger partial charge in [0, 0.05) is 17.8 Å². The molecule has 0 spiro atoms. The van der Waals surface area contributed by atoms with Crippen LogP contribution < -0.4 is 10.5 Å². The van der Waals surface area contributed by atoms with Gasteiger partial charge in [0.05, 0.1) is 21.5 Å². The van der Waals surface area contributed by atoms with E-state index in [1.54, 1.807) is 30.5 Å². The number of fused-ring (bicyclic) bond motifs is 1. The number of aromatic amines is 1. The first-order valence-electron chi connectivity index (χ1n) is 8.27. The number of nitrogens with one attached hydrogen (secondary N) is 1. The topological polar surface area (TPSA) is 120 Å². The van der Waals surface area contributed by atoms with Crippen LogP contribution in [0.2, 0.25) is 0 Å². The summed E-state index contributed by atoms with van der Waals surface area (Å²) in [6.07, 6.45) is 1.59. The molecule has 0 amide bonds. The Morgan fingerprint density at radius 3 is 2.71 bits per heavy atom. The minimum Gasteiger partial charge on any atom is -0.482 e. The van der Waals surface area contributed by atoms with Gasteiger partial charge in [0.1, 0.15) is 12.4 Å². The molecule has 2 heterocycles. The van der Waals surface area contributed by atoms with Crippen LogP contribution in [0.1, 0.15) is 5.56 Å². The van der Waals surface area contributed by atoms with Gasteiger partial charge < -0.3 is 10.5 Å². The number of hydrogen-bond donors (Lipinski definition) is 2. The summed E-state index contributed by atoms with van der Waals surface area (Å²) >= 11 is 0. The van der Waals surface area contributed by atoms with Crippen LogP contribution in [0.25, 0.3) is 22.2 Å². The van der Waals surface area contributed by atoms with E-state index in [1.807, 2.05) is 0 Å². The van der Waals surface area contributed by atoms with E-state index in [4.69, 9.17) is 10.5 Å². The lowest BCUT2D eigenvalue weighted by molar-refractivity contribution is -0.385. The summed E-state index contributed by atoms with van der Waals surface area (Å²) in [6.45, 7) is 0.0516. The predicted octanol–water partition coefficient (Wildman–Crippen LogP) is 3.83. The molecule has 28 heavy (non-hydrogen) atoms. The first kappa shape index (κ1) is 17.4. The lowest BCUT2D eigenvalue weighted by Crippen LogP contribution is -2.00. The number of nitro benzene ring substituents is 1. The molecule has 4 aromatic rings. The van der Waals surface area contributed by atoms with Gasteiger partial charge in [0.2, 0.25) is 0 Å². The van der Waals surface area contributed by atoms with Crippen molar-refractivity contribution in [3.05, 3.63) is 76.2 Å². The van der Waals surface area contributed by atoms with Crippen LogP contribution in [0.4, 0.5) is 15.9 Å². The number of aromatic nitrogens is 3. The molecule has 2 aromatic carbocycles. The highest BCUT2D eigenvalue weighted by molar-refractivity contribution is 5.99. The van der Waals surface area contributed by atoms with Gasteiger partial charge in [-0.1, -0.05) is 12.1 Å². The van der Waals surface area contributed by atoms with Crippen LogP contribution in [0.3, 0.4) is 0 Å². The Kier molecular flexibility index (Phi) is 4.32. The molecule has 8 nitrogen and oxygen atoms in total. The van der Waals surface area contributed by atoms with Crippen molar-refractivity contribution >= 4 is 22.4 Å². The van der Waals surface area contributed by atoms with Crippen molar-refractivity contribution in [1.82, 2.24) is 15.2 Å². The van der Waals surface area contributed by atoms with Crippen LogP contribution in [0.5, 0.6) is 5.75 Å². The van der Waals surface area contributed by atoms with E-state index in [9.17, 15) is 14.5 Å². The van der Waals surface area contributed by atoms with Crippen LogP contribution >= 0.6 is 0 Å². The van der Waals surface area contributed by atoms with Gasteiger partial charge in [-0.2, -0.15) is 5.10 Å². The zero-order valence-corrected chi connectivity index (χ0v) is 14.4. The zero-order valence-electron chi connectivity index (χ0n) is 14.4. The Labute approximate surface area is 157 Å². The van der Waals surface area contributed by atoms with E-state index >= 15 is 0 Å². The minimum absolute atomic E-state index is 0.0516. The smallest absolute Gasteiger partial charge is 0.310 e. The minimum atomic E-state index is -0.524. The maximum absolute atomic E-state index is 13.0. The van der Waals surface area contributed by atoms with Crippen LogP contribution in [0, 0.1) is 15.9 Å². The normalized spacial score (nSPS) is 10.9. The van der Waals surface area contributed by atoms with E-state index in [-0.39, 0.29) is 29.7 Å². The summed E-state index contributed by atoms with van der Waals surface area (Å²) in [5.74, 6) is -0.00785. The molecule has 3 N–H and O–H groups in total. The number of halogens is 1. The molecule has 2 aromatic heterocycles. The maximum atomic E-state index is 13.0. The first-order valence-corrected chi connectivity index (χ1v) is 8.27. The fraction of sp³-hybridized carbons (Fsp3) is 0.0526. The lowest BCUT2D eigenvalue weighted by atomic mass is 10.1. The van der Waals surface area contributed by atoms with E-state index in [1.165, 1.54) is 24.3 Å². The van der Waals surface area contributed by atoms with Crippen molar-refractivity contribution in [1.29, 1.82) is 0 Å². The lowest BCUT2D eigenvalue weighted by Gasteiger charge is -2.10. The van der Waals surface area contributed by atoms with Crippen molar-refractivity contribution in [2.24, 2.45) is 0 Å². The van der Waals surface area contributed by atoms with Gasteiger partial charge in [-0.3, -0.25) is 20.2 Å². The third-order valence-corrected chi connectivity index (χ3v) is 4.24. The number of nitrogen functional groups attached to an aromatic ring is 1. The fourth-order valence-electron chi connectivity index (χ4n) is 2.88. The second-order valence-corrected chi connectivity index (χ2v) is 6.05. The van der Waals surface area contributed by atoms with E-state index in [0.29, 0.717) is 27.7 Å². The monoisotopic (exact) mass is 379 g/mol. The van der Waals surface area contributed by atoms with Crippen LogP contribution in [-0.4, -0.2) is 20.1 Å². The van der Waals surface area contributed by atoms with Gasteiger partial charge in [-0.05, 0) is 35.9 Å². The summed E-state index contributed by atoms with van der Waals surface area (Å²) in [5, 5.41) is 18.8. The Morgan fingerprint density at radius 1 is 1.18 bits per heavy atom. The SMILES string of the molecule is Nc1n[nH]c2ccnc(-c3ccc([N+](=O)[O-])c(OCc4ccc(F)cc4)c3)c12. The summed E-state index contributed by atoms with van der Waals surface area (Å²) in [4.78, 5) is 15.2. The van der Waals surface area contributed by atoms with Gasteiger partial charge >= 0.3 is 5.69 Å². The average molecular weight is 379 g/mol. The highest BCUT2D eigenvalue weighted by Crippen LogP contribution is 2.35. The average Bonchev–Trinajstić information content (AvgIpc) is 3.08. The highest BCUT2D eigenvalue weighted by atomic mass is 19.1. The second kappa shape index (κ2) is 6.95. The van der Waals surface area contributed by atoms with Crippen LogP contribution in [-0.2, 0) is 6.61 Å². The van der Waals surface area contributed by atoms with Gasteiger partial charge in [0.15, 0.2) is 11.6 Å². The predicted molar refractivity (Wildman–Crippen MR) is 101 cm³/mol. The number of nitrogens with two attached hydrogens (primary N) is 1. The largest absolute Gasteiger partial charge is 0.482 e. The molecule has 0 saturated heterocycles. The molecule has 0 unspecified atom stereocenters. The molecule has 0 aliphatic carbocycles. The Balaban J connectivity index is 1.73. The summed E-state index contributed by atoms with van der Waals surface area (Å²) in [5.41, 5.74) is 8.26. The Hall–Kier alpha value is -4.01. The second-order valence-electron chi connectivity index (χ2n) is 6.05. The molecule has 0 aliphatic rings. The molecule has 0 atom stereocenters. The van der Waals surface area contributed by atoms with Crippen molar-refractivity contribution in [3.8, 4) is 17.0 Å². The van der Waals surface area contributed by atoms with E-state index < -0.39 is 4.92 Å². The molecule has 0 bridgehead atoms. The first-order chi connectivity index (χ1) is 13.5. The van der Waals surface area contributed by atoms with Crippen LogP contribution in [0.15, 0.2) is 54.7 Å². The number of H-pyrrole nitrogens is 1. The number of rotatable bonds is 5. The van der Waals surface area contributed by atoms with Crippen molar-refractivity contribution in [2.75, 3.05) is 5.73 Å². The maximum Gasteiger partial charge on any atom is 0.310 e. The summed E-state index contributed by atoms with van der Waals surface area (Å²) < 4.78 is 18.7. The van der Waals surface area contributed by atoms with E-state index in [0.717, 1.165) is 0 Å². The van der Waals surface area contributed by atoms with Crippen molar-refractivity contribution < 1.29 is 14.1 Å². The number of nitrogens with zero attached hydrogens (tertiary/aromatic N) is 3. The fourth-order valence-corrected chi connectivity index (χ4v) is 2.88. The molecule has 0 fully saturated rings. The van der Waals surface area contributed by atoms with Gasteiger partial charge in [-0.15, -0.1) is 0 Å². The zero-order chi connectivity index (χ0) is 19.7. The highest BCUT2D eigenvalue weighted by Gasteiger charge is 2.19. The molecule has 0 saturated carbocycles. The third-order valence-electron chi connectivity index (χ3n) is 4.24. The standard InChI is InChI=1S/C19H14FN5O3/c20-13-4-1-11(2-5-13)10-28-16-9-12(3-6-15(16)25(26)27)18-17-14(7-8-22-18)23-24-19(17)21/h1-9H,10H2,(H3,21,23,24). The summed E-state index contributed by atoms with van der Waals surface area (Å²) in [7, 11) is 0. The molecule has 0 aliphatic heterocycles. The molecular formula is C19H14FN5O3. The quantitative estimate of drug-likeness (QED) is 0.402. The van der Waals surface area contributed by atoms with Crippen molar-refractivity contribution in [2.45, 2.75) is 6.61 Å². The summed E-state index contributed by atoms with van der Waals surface area (Å²) in [6, 6.07) is 11.9. The number of benzene rings is 2. The number of ether oxygens (including phenoxy) is 1. The number of hydrogen-bond acceptors (Lipinski definition) is 6. The molecule has 0 radical (unpaired) electrons. The Morgan fingerprint density at radius 2 is 1.96 bits per heavy atom. The van der Waals surface area contributed by atoms with E-state index in [2.05, 4.69) is 15.2 Å².